The fourth-order valence-electron chi connectivity index (χ4n) is 4.71. The summed E-state index contributed by atoms with van der Waals surface area (Å²) >= 11 is 0. The minimum atomic E-state index is 0.653. The second-order valence-corrected chi connectivity index (χ2v) is 6.08. The molecule has 1 aromatic rings. The van der Waals surface area contributed by atoms with E-state index < -0.39 is 0 Å². The molecule has 0 spiro atoms. The van der Waals surface area contributed by atoms with Gasteiger partial charge in [0.1, 0.15) is 0 Å². The van der Waals surface area contributed by atoms with Gasteiger partial charge in [0, 0.05) is 29.7 Å². The van der Waals surface area contributed by atoms with Gasteiger partial charge in [0.05, 0.1) is 0 Å². The lowest BCUT2D eigenvalue weighted by molar-refractivity contribution is 0.294. The van der Waals surface area contributed by atoms with Gasteiger partial charge in [-0.25, -0.2) is 0 Å². The van der Waals surface area contributed by atoms with Crippen molar-refractivity contribution < 1.29 is 0 Å². The van der Waals surface area contributed by atoms with E-state index >= 15 is 0 Å². The molecule has 1 aliphatic heterocycles. The van der Waals surface area contributed by atoms with E-state index in [4.69, 9.17) is 11.1 Å². The van der Waals surface area contributed by atoms with Crippen LogP contribution in [0, 0.1) is 23.2 Å². The van der Waals surface area contributed by atoms with Crippen molar-refractivity contribution in [3.63, 3.8) is 0 Å². The molecule has 3 nitrogen and oxygen atoms in total. The summed E-state index contributed by atoms with van der Waals surface area (Å²) in [7, 11) is 0. The number of anilines is 2. The van der Waals surface area contributed by atoms with E-state index in [-0.39, 0.29) is 0 Å². The van der Waals surface area contributed by atoms with Crippen molar-refractivity contribution in [1.82, 2.24) is 0 Å². The Balaban J connectivity index is 1.91. The zero-order valence-corrected chi connectivity index (χ0v) is 10.4. The van der Waals surface area contributed by atoms with Crippen LogP contribution >= 0.6 is 0 Å². The molecule has 3 aliphatic rings. The number of nitrogens with one attached hydrogen (secondary N) is 2. The first-order chi connectivity index (χ1) is 8.79. The summed E-state index contributed by atoms with van der Waals surface area (Å²) in [4.78, 5) is 0. The van der Waals surface area contributed by atoms with Crippen molar-refractivity contribution in [2.45, 2.75) is 25.2 Å². The molecule has 0 radical (unpaired) electrons. The molecule has 0 unspecified atom stereocenters. The van der Waals surface area contributed by atoms with E-state index in [0.717, 1.165) is 35.5 Å². The van der Waals surface area contributed by atoms with E-state index in [1.54, 1.807) is 0 Å². The van der Waals surface area contributed by atoms with Crippen molar-refractivity contribution in [1.29, 1.82) is 5.41 Å². The molecule has 0 aromatic heterocycles. The van der Waals surface area contributed by atoms with Gasteiger partial charge >= 0.3 is 0 Å². The summed E-state index contributed by atoms with van der Waals surface area (Å²) in [5.41, 5.74) is 10.3. The molecular weight excluding hydrogens is 222 g/mol. The maximum atomic E-state index is 7.68. The zero-order chi connectivity index (χ0) is 12.3. The van der Waals surface area contributed by atoms with Gasteiger partial charge in [-0.05, 0) is 60.6 Å². The Morgan fingerprint density at radius 3 is 2.94 bits per heavy atom. The number of fused-ring (bicyclic) bond motifs is 7. The number of benzene rings is 1. The standard InChI is InChI=1S/C15H19N3/c16-6-10-12(17)3-4-13-15(10)14-9-2-1-8(5-9)11(14)7-18-13/h3-4,6,8-9,11,14,16,18H,1-2,5,7,17H2/t8-,9-,11-,14+/m1/s1. The molecule has 94 valence electrons. The quantitative estimate of drug-likeness (QED) is 0.523. The fourth-order valence-corrected chi connectivity index (χ4v) is 4.71. The third-order valence-corrected chi connectivity index (χ3v) is 5.42. The molecule has 4 rings (SSSR count). The summed E-state index contributed by atoms with van der Waals surface area (Å²) in [6.07, 6.45) is 5.62. The molecule has 2 fully saturated rings. The zero-order valence-electron chi connectivity index (χ0n) is 10.4. The van der Waals surface area contributed by atoms with Gasteiger partial charge in [0.25, 0.3) is 0 Å². The summed E-state index contributed by atoms with van der Waals surface area (Å²) in [6, 6.07) is 4.03. The van der Waals surface area contributed by atoms with Crippen LogP contribution in [0.4, 0.5) is 11.4 Å². The molecule has 2 bridgehead atoms. The molecule has 18 heavy (non-hydrogen) atoms. The van der Waals surface area contributed by atoms with E-state index in [9.17, 15) is 0 Å². The smallest absolute Gasteiger partial charge is 0.0407 e. The van der Waals surface area contributed by atoms with Crippen LogP contribution in [0.3, 0.4) is 0 Å². The maximum absolute atomic E-state index is 7.68. The lowest BCUT2D eigenvalue weighted by atomic mass is 9.71. The van der Waals surface area contributed by atoms with Crippen LogP contribution in [-0.4, -0.2) is 12.8 Å². The molecule has 0 amide bonds. The number of hydrogen-bond acceptors (Lipinski definition) is 3. The third-order valence-electron chi connectivity index (χ3n) is 5.42. The normalized spacial score (nSPS) is 35.8. The van der Waals surface area contributed by atoms with Gasteiger partial charge in [-0.15, -0.1) is 0 Å². The molecule has 0 saturated heterocycles. The fraction of sp³-hybridized carbons (Fsp3) is 0.533. The molecule has 2 aliphatic carbocycles. The number of nitrogen functional groups attached to an aromatic ring is 1. The second-order valence-electron chi connectivity index (χ2n) is 6.08. The SMILES string of the molecule is N=Cc1c(N)ccc2c1[C@H]1[C@@H]3CC[C@H](C3)[C@H]1CN2. The molecular formula is C15H19N3. The molecule has 4 N–H and O–H groups in total. The third kappa shape index (κ3) is 1.17. The van der Waals surface area contributed by atoms with Crippen LogP contribution in [-0.2, 0) is 0 Å². The van der Waals surface area contributed by atoms with Crippen LogP contribution in [0.2, 0.25) is 0 Å². The van der Waals surface area contributed by atoms with Gasteiger partial charge in [0.15, 0.2) is 0 Å². The van der Waals surface area contributed by atoms with Gasteiger partial charge in [-0.3, -0.25) is 0 Å². The van der Waals surface area contributed by atoms with Crippen LogP contribution in [0.1, 0.15) is 36.3 Å². The van der Waals surface area contributed by atoms with Gasteiger partial charge < -0.3 is 16.5 Å². The second kappa shape index (κ2) is 3.50. The van der Waals surface area contributed by atoms with Crippen molar-refractivity contribution in [2.24, 2.45) is 17.8 Å². The summed E-state index contributed by atoms with van der Waals surface area (Å²) in [5.74, 6) is 3.17. The topological polar surface area (TPSA) is 61.9 Å². The largest absolute Gasteiger partial charge is 0.398 e. The summed E-state index contributed by atoms with van der Waals surface area (Å²) < 4.78 is 0. The highest BCUT2D eigenvalue weighted by Crippen LogP contribution is 2.60. The number of rotatable bonds is 1. The lowest BCUT2D eigenvalue weighted by Gasteiger charge is -2.38. The van der Waals surface area contributed by atoms with Gasteiger partial charge in [-0.2, -0.15) is 0 Å². The van der Waals surface area contributed by atoms with Gasteiger partial charge in [0.2, 0.25) is 0 Å². The Kier molecular flexibility index (Phi) is 2.02. The summed E-state index contributed by atoms with van der Waals surface area (Å²) in [6.45, 7) is 1.11. The highest BCUT2D eigenvalue weighted by molar-refractivity contribution is 5.90. The monoisotopic (exact) mass is 241 g/mol. The lowest BCUT2D eigenvalue weighted by Crippen LogP contribution is -2.33. The molecule has 4 atom stereocenters. The Labute approximate surface area is 107 Å². The van der Waals surface area contributed by atoms with Crippen molar-refractivity contribution in [3.05, 3.63) is 23.3 Å². The average molecular weight is 241 g/mol. The Hall–Kier alpha value is -1.51. The van der Waals surface area contributed by atoms with E-state index in [1.807, 2.05) is 6.07 Å². The van der Waals surface area contributed by atoms with Crippen molar-refractivity contribution in [2.75, 3.05) is 17.6 Å². The van der Waals surface area contributed by atoms with Crippen molar-refractivity contribution >= 4 is 17.6 Å². The van der Waals surface area contributed by atoms with E-state index in [1.165, 1.54) is 36.7 Å². The first kappa shape index (κ1) is 10.4. The highest BCUT2D eigenvalue weighted by atomic mass is 14.9. The van der Waals surface area contributed by atoms with Crippen LogP contribution < -0.4 is 11.1 Å². The molecule has 3 heteroatoms. The van der Waals surface area contributed by atoms with Crippen molar-refractivity contribution in [3.8, 4) is 0 Å². The predicted octanol–water partition coefficient (Wildman–Crippen LogP) is 2.82. The average Bonchev–Trinajstić information content (AvgIpc) is 2.99. The number of hydrogen-bond donors (Lipinski definition) is 3. The Morgan fingerprint density at radius 1 is 1.28 bits per heavy atom. The Morgan fingerprint density at radius 2 is 2.11 bits per heavy atom. The van der Waals surface area contributed by atoms with E-state index in [0.29, 0.717) is 5.92 Å². The Bertz CT molecular complexity index is 523. The maximum Gasteiger partial charge on any atom is 0.0407 e. The molecule has 1 heterocycles. The van der Waals surface area contributed by atoms with Crippen LogP contribution in [0.25, 0.3) is 0 Å². The first-order valence-electron chi connectivity index (χ1n) is 6.96. The highest BCUT2D eigenvalue weighted by Gasteiger charge is 2.50. The van der Waals surface area contributed by atoms with Crippen LogP contribution in [0.15, 0.2) is 12.1 Å². The minimum absolute atomic E-state index is 0.653. The predicted molar refractivity (Wildman–Crippen MR) is 74.3 cm³/mol. The van der Waals surface area contributed by atoms with Gasteiger partial charge in [-0.1, -0.05) is 0 Å². The van der Waals surface area contributed by atoms with Crippen LogP contribution in [0.5, 0.6) is 0 Å². The first-order valence-corrected chi connectivity index (χ1v) is 6.96. The number of nitrogens with two attached hydrogens (primary N) is 1. The summed E-state index contributed by atoms with van der Waals surface area (Å²) in [5, 5.41) is 11.2. The minimum Gasteiger partial charge on any atom is -0.398 e. The molecule has 1 aromatic carbocycles. The van der Waals surface area contributed by atoms with E-state index in [2.05, 4.69) is 11.4 Å². The molecule has 2 saturated carbocycles.